The summed E-state index contributed by atoms with van der Waals surface area (Å²) in [6, 6.07) is 14.0. The molecule has 1 atom stereocenters. The SMILES string of the molecule is CCc1cccc(-c2cccc(C(=O)N[C@@H](CN(C)C)C(C)C)c2)c1OC. The molecule has 0 unspecified atom stereocenters. The van der Waals surface area contributed by atoms with E-state index in [1.807, 2.05) is 50.5 Å². The van der Waals surface area contributed by atoms with Crippen LogP contribution in [0.15, 0.2) is 42.5 Å². The van der Waals surface area contributed by atoms with Gasteiger partial charge in [0.15, 0.2) is 0 Å². The molecule has 146 valence electrons. The Morgan fingerprint density at radius 3 is 2.44 bits per heavy atom. The molecule has 27 heavy (non-hydrogen) atoms. The minimum absolute atomic E-state index is 0.0389. The normalized spacial score (nSPS) is 12.3. The Labute approximate surface area is 163 Å². The van der Waals surface area contributed by atoms with Crippen LogP contribution < -0.4 is 10.1 Å². The van der Waals surface area contributed by atoms with Crippen LogP contribution in [0.4, 0.5) is 0 Å². The van der Waals surface area contributed by atoms with Gasteiger partial charge in [0.25, 0.3) is 5.91 Å². The maximum absolute atomic E-state index is 12.8. The first kappa shape index (κ1) is 21.0. The first-order valence-corrected chi connectivity index (χ1v) is 9.59. The van der Waals surface area contributed by atoms with Crippen molar-refractivity contribution in [2.75, 3.05) is 27.7 Å². The molecule has 2 rings (SSSR count). The lowest BCUT2D eigenvalue weighted by Crippen LogP contribution is -2.45. The summed E-state index contributed by atoms with van der Waals surface area (Å²) >= 11 is 0. The number of carbonyl (C=O) groups is 1. The second-order valence-electron chi connectivity index (χ2n) is 7.52. The van der Waals surface area contributed by atoms with Crippen molar-refractivity contribution >= 4 is 5.91 Å². The molecule has 1 N–H and O–H groups in total. The molecule has 0 aliphatic carbocycles. The number of benzene rings is 2. The molecule has 0 bridgehead atoms. The molecule has 0 aromatic heterocycles. The van der Waals surface area contributed by atoms with Crippen LogP contribution in [0.3, 0.4) is 0 Å². The number of hydrogen-bond acceptors (Lipinski definition) is 3. The fraction of sp³-hybridized carbons (Fsp3) is 0.435. The summed E-state index contributed by atoms with van der Waals surface area (Å²) in [7, 11) is 5.74. The molecule has 4 nitrogen and oxygen atoms in total. The summed E-state index contributed by atoms with van der Waals surface area (Å²) in [4.78, 5) is 14.9. The van der Waals surface area contributed by atoms with Crippen LogP contribution in [-0.4, -0.2) is 44.6 Å². The molecule has 2 aromatic rings. The van der Waals surface area contributed by atoms with Crippen molar-refractivity contribution in [2.45, 2.75) is 33.2 Å². The highest BCUT2D eigenvalue weighted by Crippen LogP contribution is 2.33. The van der Waals surface area contributed by atoms with E-state index in [0.29, 0.717) is 11.5 Å². The summed E-state index contributed by atoms with van der Waals surface area (Å²) in [5.74, 6) is 1.20. The zero-order valence-electron chi connectivity index (χ0n) is 17.4. The van der Waals surface area contributed by atoms with Gasteiger partial charge in [0.2, 0.25) is 0 Å². The topological polar surface area (TPSA) is 41.6 Å². The van der Waals surface area contributed by atoms with Gasteiger partial charge in [-0.2, -0.15) is 0 Å². The van der Waals surface area contributed by atoms with E-state index in [1.165, 1.54) is 0 Å². The number of likely N-dealkylation sites (N-methyl/N-ethyl adjacent to an activating group) is 1. The van der Waals surface area contributed by atoms with Crippen LogP contribution in [0.5, 0.6) is 5.75 Å². The second-order valence-corrected chi connectivity index (χ2v) is 7.52. The lowest BCUT2D eigenvalue weighted by molar-refractivity contribution is 0.0916. The molecule has 0 spiro atoms. The molecular weight excluding hydrogens is 336 g/mol. The summed E-state index contributed by atoms with van der Waals surface area (Å²) in [6.07, 6.45) is 0.901. The Balaban J connectivity index is 2.31. The smallest absolute Gasteiger partial charge is 0.251 e. The van der Waals surface area contributed by atoms with Gasteiger partial charge in [-0.3, -0.25) is 4.79 Å². The summed E-state index contributed by atoms with van der Waals surface area (Å²) in [5.41, 5.74) is 3.83. The van der Waals surface area contributed by atoms with Gasteiger partial charge >= 0.3 is 0 Å². The maximum Gasteiger partial charge on any atom is 0.251 e. The average molecular weight is 369 g/mol. The first-order chi connectivity index (χ1) is 12.9. The van der Waals surface area contributed by atoms with E-state index in [2.05, 4.69) is 37.1 Å². The zero-order chi connectivity index (χ0) is 20.0. The van der Waals surface area contributed by atoms with Gasteiger partial charge < -0.3 is 15.0 Å². The van der Waals surface area contributed by atoms with Crippen molar-refractivity contribution in [2.24, 2.45) is 5.92 Å². The molecule has 0 heterocycles. The molecule has 0 saturated heterocycles. The quantitative estimate of drug-likeness (QED) is 0.758. The highest BCUT2D eigenvalue weighted by molar-refractivity contribution is 5.96. The third-order valence-electron chi connectivity index (χ3n) is 4.80. The fourth-order valence-corrected chi connectivity index (χ4v) is 3.23. The van der Waals surface area contributed by atoms with E-state index in [9.17, 15) is 4.79 Å². The van der Waals surface area contributed by atoms with Gasteiger partial charge in [-0.25, -0.2) is 0 Å². The zero-order valence-corrected chi connectivity index (χ0v) is 17.4. The van der Waals surface area contributed by atoms with Gasteiger partial charge in [0.05, 0.1) is 7.11 Å². The average Bonchev–Trinajstić information content (AvgIpc) is 2.66. The van der Waals surface area contributed by atoms with Crippen molar-refractivity contribution in [1.82, 2.24) is 10.2 Å². The maximum atomic E-state index is 12.8. The Bertz CT molecular complexity index is 769. The van der Waals surface area contributed by atoms with Crippen LogP contribution >= 0.6 is 0 Å². The third kappa shape index (κ3) is 5.33. The second kappa shape index (κ2) is 9.56. The number of amides is 1. The molecule has 2 aromatic carbocycles. The molecule has 1 amide bonds. The molecule has 0 aliphatic heterocycles. The Morgan fingerprint density at radius 1 is 1.15 bits per heavy atom. The lowest BCUT2D eigenvalue weighted by atomic mass is 9.98. The van der Waals surface area contributed by atoms with Crippen molar-refractivity contribution in [3.05, 3.63) is 53.6 Å². The number of hydrogen-bond donors (Lipinski definition) is 1. The van der Waals surface area contributed by atoms with Crippen molar-refractivity contribution in [3.8, 4) is 16.9 Å². The molecule has 0 fully saturated rings. The molecular formula is C23H32N2O2. The predicted octanol–water partition coefficient (Wildman–Crippen LogP) is 4.24. The molecule has 0 radical (unpaired) electrons. The largest absolute Gasteiger partial charge is 0.496 e. The van der Waals surface area contributed by atoms with Crippen molar-refractivity contribution in [3.63, 3.8) is 0 Å². The third-order valence-corrected chi connectivity index (χ3v) is 4.80. The van der Waals surface area contributed by atoms with Crippen molar-refractivity contribution in [1.29, 1.82) is 0 Å². The number of carbonyl (C=O) groups excluding carboxylic acids is 1. The van der Waals surface area contributed by atoms with E-state index in [1.54, 1.807) is 7.11 Å². The minimum Gasteiger partial charge on any atom is -0.496 e. The van der Waals surface area contributed by atoms with Gasteiger partial charge in [0, 0.05) is 23.7 Å². The summed E-state index contributed by atoms with van der Waals surface area (Å²) in [6.45, 7) is 7.19. The van der Waals surface area contributed by atoms with Crippen LogP contribution in [0.1, 0.15) is 36.7 Å². The van der Waals surface area contributed by atoms with Crippen LogP contribution in [-0.2, 0) is 6.42 Å². The molecule has 0 aliphatic rings. The van der Waals surface area contributed by atoms with E-state index in [-0.39, 0.29) is 11.9 Å². The molecule has 4 heteroatoms. The monoisotopic (exact) mass is 368 g/mol. The van der Waals surface area contributed by atoms with Crippen LogP contribution in [0.2, 0.25) is 0 Å². The number of methoxy groups -OCH3 is 1. The van der Waals surface area contributed by atoms with Gasteiger partial charge in [-0.05, 0) is 49.7 Å². The van der Waals surface area contributed by atoms with Crippen molar-refractivity contribution < 1.29 is 9.53 Å². The number of rotatable bonds is 8. The number of nitrogens with one attached hydrogen (secondary N) is 1. The lowest BCUT2D eigenvalue weighted by Gasteiger charge is -2.25. The number of ether oxygens (including phenoxy) is 1. The number of nitrogens with zero attached hydrogens (tertiary/aromatic N) is 1. The van der Waals surface area contributed by atoms with Gasteiger partial charge in [-0.1, -0.05) is 51.1 Å². The Morgan fingerprint density at radius 2 is 1.85 bits per heavy atom. The predicted molar refractivity (Wildman–Crippen MR) is 112 cm³/mol. The highest BCUT2D eigenvalue weighted by atomic mass is 16.5. The van der Waals surface area contributed by atoms with E-state index < -0.39 is 0 Å². The minimum atomic E-state index is -0.0389. The summed E-state index contributed by atoms with van der Waals surface area (Å²) in [5, 5.41) is 3.18. The van der Waals surface area contributed by atoms with E-state index >= 15 is 0 Å². The van der Waals surface area contributed by atoms with E-state index in [0.717, 1.165) is 35.4 Å². The molecule has 0 saturated carbocycles. The number of aryl methyl sites for hydroxylation is 1. The Kier molecular flexibility index (Phi) is 7.43. The van der Waals surface area contributed by atoms with Gasteiger partial charge in [0.1, 0.15) is 5.75 Å². The number of para-hydroxylation sites is 1. The summed E-state index contributed by atoms with van der Waals surface area (Å²) < 4.78 is 5.66. The standard InChI is InChI=1S/C23H32N2O2/c1-7-17-10-9-13-20(22(17)27-6)18-11-8-12-19(14-18)23(26)24-21(16(2)3)15-25(4)5/h8-14,16,21H,7,15H2,1-6H3,(H,24,26)/t21-/m0/s1. The Hall–Kier alpha value is -2.33. The highest BCUT2D eigenvalue weighted by Gasteiger charge is 2.19. The van der Waals surface area contributed by atoms with Crippen LogP contribution in [0, 0.1) is 5.92 Å². The first-order valence-electron chi connectivity index (χ1n) is 9.59. The fourth-order valence-electron chi connectivity index (χ4n) is 3.23. The van der Waals surface area contributed by atoms with Crippen LogP contribution in [0.25, 0.3) is 11.1 Å². The van der Waals surface area contributed by atoms with E-state index in [4.69, 9.17) is 4.74 Å². The van der Waals surface area contributed by atoms with Gasteiger partial charge in [-0.15, -0.1) is 0 Å².